The minimum absolute atomic E-state index is 0.140. The zero-order valence-corrected chi connectivity index (χ0v) is 14.4. The van der Waals surface area contributed by atoms with Gasteiger partial charge in [0, 0.05) is 17.2 Å². The van der Waals surface area contributed by atoms with Crippen molar-refractivity contribution in [2.75, 3.05) is 21.3 Å². The number of rotatable bonds is 7. The Labute approximate surface area is 149 Å². The summed E-state index contributed by atoms with van der Waals surface area (Å²) in [5, 5.41) is 14.8. The van der Waals surface area contributed by atoms with E-state index in [1.807, 2.05) is 0 Å². The molecule has 0 fully saturated rings. The molecule has 1 N–H and O–H groups in total. The van der Waals surface area contributed by atoms with Gasteiger partial charge >= 0.3 is 5.69 Å². The highest BCUT2D eigenvalue weighted by atomic mass is 16.6. The van der Waals surface area contributed by atoms with E-state index in [9.17, 15) is 14.9 Å². The lowest BCUT2D eigenvalue weighted by Crippen LogP contribution is -2.17. The number of methoxy groups -OCH3 is 3. The quantitative estimate of drug-likeness (QED) is 0.461. The third-order valence-electron chi connectivity index (χ3n) is 3.43. The van der Waals surface area contributed by atoms with E-state index in [0.717, 1.165) is 0 Å². The molecule has 0 radical (unpaired) electrons. The van der Waals surface area contributed by atoms with Gasteiger partial charge in [0.2, 0.25) is 0 Å². The molecule has 0 heterocycles. The van der Waals surface area contributed by atoms with Crippen molar-refractivity contribution in [2.24, 2.45) is 5.10 Å². The number of nitro groups is 1. The van der Waals surface area contributed by atoms with Crippen LogP contribution in [-0.2, 0) is 0 Å². The van der Waals surface area contributed by atoms with E-state index < -0.39 is 10.8 Å². The van der Waals surface area contributed by atoms with Gasteiger partial charge in [0.1, 0.15) is 0 Å². The maximum absolute atomic E-state index is 12.1. The first-order chi connectivity index (χ1) is 12.5. The number of carbonyl (C=O) groups excluding carboxylic acids is 1. The van der Waals surface area contributed by atoms with Gasteiger partial charge in [-0.25, -0.2) is 5.43 Å². The highest BCUT2D eigenvalue weighted by molar-refractivity contribution is 5.95. The Morgan fingerprint density at radius 2 is 1.69 bits per heavy atom. The highest BCUT2D eigenvalue weighted by Gasteiger charge is 2.14. The van der Waals surface area contributed by atoms with E-state index in [-0.39, 0.29) is 11.4 Å². The Balaban J connectivity index is 2.12. The van der Waals surface area contributed by atoms with Crippen molar-refractivity contribution < 1.29 is 23.9 Å². The average molecular weight is 359 g/mol. The molecule has 0 spiro atoms. The summed E-state index contributed by atoms with van der Waals surface area (Å²) in [5.41, 5.74) is 2.91. The van der Waals surface area contributed by atoms with Crippen LogP contribution in [0.1, 0.15) is 15.9 Å². The van der Waals surface area contributed by atoms with Gasteiger partial charge in [0.25, 0.3) is 5.91 Å². The van der Waals surface area contributed by atoms with Crippen molar-refractivity contribution in [3.63, 3.8) is 0 Å². The SMILES string of the molecule is COc1ccc(C(=O)N/N=C/c2ccc(OC)c([N+](=O)[O-])c2)cc1OC. The summed E-state index contributed by atoms with van der Waals surface area (Å²) in [6, 6.07) is 9.01. The van der Waals surface area contributed by atoms with Gasteiger partial charge in [0.05, 0.1) is 32.5 Å². The Bertz CT molecular complexity index is 850. The van der Waals surface area contributed by atoms with Crippen LogP contribution in [0.5, 0.6) is 17.2 Å². The fourth-order valence-electron chi connectivity index (χ4n) is 2.14. The lowest BCUT2D eigenvalue weighted by atomic mass is 10.2. The molecule has 136 valence electrons. The molecule has 0 aliphatic carbocycles. The van der Waals surface area contributed by atoms with Gasteiger partial charge in [-0.05, 0) is 30.3 Å². The molecular weight excluding hydrogens is 342 g/mol. The third kappa shape index (κ3) is 4.26. The lowest BCUT2D eigenvalue weighted by molar-refractivity contribution is -0.385. The van der Waals surface area contributed by atoms with Crippen LogP contribution in [0.4, 0.5) is 5.69 Å². The molecule has 0 saturated carbocycles. The minimum Gasteiger partial charge on any atom is -0.493 e. The Hall–Kier alpha value is -3.62. The summed E-state index contributed by atoms with van der Waals surface area (Å²) >= 11 is 0. The summed E-state index contributed by atoms with van der Waals surface area (Å²) < 4.78 is 15.2. The molecule has 0 aromatic heterocycles. The molecule has 26 heavy (non-hydrogen) atoms. The molecule has 2 aromatic rings. The standard InChI is InChI=1S/C17H17N3O6/c1-24-14-6-4-11(8-13(14)20(22)23)10-18-19-17(21)12-5-7-15(25-2)16(9-12)26-3/h4-10H,1-3H3,(H,19,21)/b18-10+. The Morgan fingerprint density at radius 3 is 2.31 bits per heavy atom. The summed E-state index contributed by atoms with van der Waals surface area (Å²) in [5.74, 6) is 0.583. The maximum atomic E-state index is 12.1. The molecule has 9 nitrogen and oxygen atoms in total. The molecule has 0 unspecified atom stereocenters. The molecule has 2 aromatic carbocycles. The van der Waals surface area contributed by atoms with Crippen LogP contribution in [0.3, 0.4) is 0 Å². The first-order valence-electron chi connectivity index (χ1n) is 7.38. The second-order valence-electron chi connectivity index (χ2n) is 4.96. The van der Waals surface area contributed by atoms with Gasteiger partial charge in [-0.2, -0.15) is 5.10 Å². The maximum Gasteiger partial charge on any atom is 0.311 e. The van der Waals surface area contributed by atoms with Crippen LogP contribution in [-0.4, -0.2) is 38.4 Å². The second-order valence-corrected chi connectivity index (χ2v) is 4.96. The number of nitro benzene ring substituents is 1. The molecule has 1 amide bonds. The lowest BCUT2D eigenvalue weighted by Gasteiger charge is -2.08. The molecule has 0 atom stereocenters. The predicted octanol–water partition coefficient (Wildman–Crippen LogP) is 2.38. The number of hydrazone groups is 1. The normalized spacial score (nSPS) is 10.4. The zero-order chi connectivity index (χ0) is 19.1. The molecule has 0 aliphatic heterocycles. The van der Waals surface area contributed by atoms with Gasteiger partial charge in [-0.15, -0.1) is 0 Å². The van der Waals surface area contributed by atoms with Crippen molar-refractivity contribution in [3.8, 4) is 17.2 Å². The van der Waals surface area contributed by atoms with Crippen LogP contribution in [0.15, 0.2) is 41.5 Å². The van der Waals surface area contributed by atoms with Crippen molar-refractivity contribution >= 4 is 17.8 Å². The monoisotopic (exact) mass is 359 g/mol. The Kier molecular flexibility index (Phi) is 6.10. The third-order valence-corrected chi connectivity index (χ3v) is 3.43. The first kappa shape index (κ1) is 18.7. The fraction of sp³-hybridized carbons (Fsp3) is 0.176. The van der Waals surface area contributed by atoms with E-state index in [0.29, 0.717) is 22.6 Å². The second kappa shape index (κ2) is 8.47. The van der Waals surface area contributed by atoms with Crippen molar-refractivity contribution in [1.29, 1.82) is 0 Å². The molecule has 0 saturated heterocycles. The van der Waals surface area contributed by atoms with Gasteiger partial charge in [-0.1, -0.05) is 0 Å². The van der Waals surface area contributed by atoms with Gasteiger partial charge in [0.15, 0.2) is 17.2 Å². The minimum atomic E-state index is -0.557. The fourth-order valence-corrected chi connectivity index (χ4v) is 2.14. The predicted molar refractivity (Wildman–Crippen MR) is 94.3 cm³/mol. The van der Waals surface area contributed by atoms with Crippen molar-refractivity contribution in [1.82, 2.24) is 5.43 Å². The topological polar surface area (TPSA) is 112 Å². The number of amides is 1. The highest BCUT2D eigenvalue weighted by Crippen LogP contribution is 2.28. The number of benzene rings is 2. The number of hydrogen-bond acceptors (Lipinski definition) is 7. The summed E-state index contributed by atoms with van der Waals surface area (Å²) in [6.45, 7) is 0. The summed E-state index contributed by atoms with van der Waals surface area (Å²) in [6.07, 6.45) is 1.30. The van der Waals surface area contributed by atoms with E-state index >= 15 is 0 Å². The zero-order valence-electron chi connectivity index (χ0n) is 14.4. The van der Waals surface area contributed by atoms with E-state index in [1.165, 1.54) is 45.7 Å². The van der Waals surface area contributed by atoms with Crippen LogP contribution in [0, 0.1) is 10.1 Å². The van der Waals surface area contributed by atoms with E-state index in [4.69, 9.17) is 14.2 Å². The number of nitrogens with one attached hydrogen (secondary N) is 1. The summed E-state index contributed by atoms with van der Waals surface area (Å²) in [4.78, 5) is 22.6. The molecule has 0 bridgehead atoms. The molecule has 0 aliphatic rings. The van der Waals surface area contributed by atoms with Crippen LogP contribution in [0.2, 0.25) is 0 Å². The van der Waals surface area contributed by atoms with Crippen LogP contribution in [0.25, 0.3) is 0 Å². The van der Waals surface area contributed by atoms with Crippen molar-refractivity contribution in [3.05, 3.63) is 57.6 Å². The largest absolute Gasteiger partial charge is 0.493 e. The summed E-state index contributed by atoms with van der Waals surface area (Å²) in [7, 11) is 4.31. The van der Waals surface area contributed by atoms with Gasteiger partial charge in [-0.3, -0.25) is 14.9 Å². The number of ether oxygens (including phenoxy) is 3. The molecular formula is C17H17N3O6. The van der Waals surface area contributed by atoms with E-state index in [1.54, 1.807) is 18.2 Å². The van der Waals surface area contributed by atoms with E-state index in [2.05, 4.69) is 10.5 Å². The molecule has 9 heteroatoms. The van der Waals surface area contributed by atoms with Crippen LogP contribution >= 0.6 is 0 Å². The van der Waals surface area contributed by atoms with Gasteiger partial charge < -0.3 is 14.2 Å². The molecule has 2 rings (SSSR count). The number of nitrogens with zero attached hydrogens (tertiary/aromatic N) is 2. The van der Waals surface area contributed by atoms with Crippen molar-refractivity contribution in [2.45, 2.75) is 0 Å². The number of carbonyl (C=O) groups is 1. The number of hydrogen-bond donors (Lipinski definition) is 1. The smallest absolute Gasteiger partial charge is 0.311 e. The van der Waals surface area contributed by atoms with Crippen LogP contribution < -0.4 is 19.6 Å². The average Bonchev–Trinajstić information content (AvgIpc) is 2.67. The first-order valence-corrected chi connectivity index (χ1v) is 7.38. The Morgan fingerprint density at radius 1 is 1.04 bits per heavy atom.